The SMILES string of the molecule is CC=C(C)C(=CC)CCC=CC(C)CCC. The van der Waals surface area contributed by atoms with E-state index in [0.29, 0.717) is 0 Å². The first-order valence-corrected chi connectivity index (χ1v) is 6.60. The van der Waals surface area contributed by atoms with Crippen LogP contribution in [0.25, 0.3) is 0 Å². The Labute approximate surface area is 102 Å². The van der Waals surface area contributed by atoms with Crippen molar-refractivity contribution in [1.29, 1.82) is 0 Å². The van der Waals surface area contributed by atoms with Crippen LogP contribution in [0.5, 0.6) is 0 Å². The van der Waals surface area contributed by atoms with Gasteiger partial charge in [0.05, 0.1) is 0 Å². The third-order valence-electron chi connectivity index (χ3n) is 3.08. The molecule has 0 saturated heterocycles. The molecule has 0 aromatic rings. The van der Waals surface area contributed by atoms with E-state index < -0.39 is 0 Å². The van der Waals surface area contributed by atoms with Crippen molar-refractivity contribution in [3.8, 4) is 0 Å². The molecule has 0 heterocycles. The van der Waals surface area contributed by atoms with Gasteiger partial charge in [-0.3, -0.25) is 0 Å². The average molecular weight is 220 g/mol. The summed E-state index contributed by atoms with van der Waals surface area (Å²) in [7, 11) is 0. The van der Waals surface area contributed by atoms with Crippen LogP contribution in [0.15, 0.2) is 35.5 Å². The molecule has 0 aliphatic heterocycles. The topological polar surface area (TPSA) is 0 Å². The van der Waals surface area contributed by atoms with Gasteiger partial charge in [0.15, 0.2) is 0 Å². The minimum absolute atomic E-state index is 0.738. The quantitative estimate of drug-likeness (QED) is 0.383. The molecule has 0 radical (unpaired) electrons. The normalized spacial score (nSPS) is 15.8. The fraction of sp³-hybridized carbons (Fsp3) is 0.625. The molecule has 0 amide bonds. The molecular formula is C16H28. The van der Waals surface area contributed by atoms with Crippen LogP contribution in [-0.2, 0) is 0 Å². The minimum atomic E-state index is 0.738. The van der Waals surface area contributed by atoms with E-state index >= 15 is 0 Å². The highest BCUT2D eigenvalue weighted by atomic mass is 14.0. The lowest BCUT2D eigenvalue weighted by atomic mass is 10.0. The summed E-state index contributed by atoms with van der Waals surface area (Å²) in [5, 5.41) is 0. The van der Waals surface area contributed by atoms with Gasteiger partial charge in [0, 0.05) is 0 Å². The predicted octanol–water partition coefficient (Wildman–Crippen LogP) is 5.67. The molecule has 0 aromatic carbocycles. The van der Waals surface area contributed by atoms with E-state index in [-0.39, 0.29) is 0 Å². The first-order chi connectivity index (χ1) is 7.65. The first kappa shape index (κ1) is 15.2. The monoisotopic (exact) mass is 220 g/mol. The molecule has 0 rings (SSSR count). The zero-order valence-corrected chi connectivity index (χ0v) is 11.7. The predicted molar refractivity (Wildman–Crippen MR) is 75.6 cm³/mol. The van der Waals surface area contributed by atoms with Crippen molar-refractivity contribution < 1.29 is 0 Å². The maximum atomic E-state index is 2.36. The highest BCUT2D eigenvalue weighted by Gasteiger charge is 1.97. The zero-order chi connectivity index (χ0) is 12.4. The van der Waals surface area contributed by atoms with Crippen LogP contribution in [0.4, 0.5) is 0 Å². The van der Waals surface area contributed by atoms with Crippen molar-refractivity contribution in [2.24, 2.45) is 5.92 Å². The van der Waals surface area contributed by atoms with Gasteiger partial charge in [-0.15, -0.1) is 0 Å². The second kappa shape index (κ2) is 9.45. The summed E-state index contributed by atoms with van der Waals surface area (Å²) in [6.45, 7) is 11.0. The summed E-state index contributed by atoms with van der Waals surface area (Å²) < 4.78 is 0. The lowest BCUT2D eigenvalue weighted by molar-refractivity contribution is 0.632. The smallest absolute Gasteiger partial charge is 0.0245 e. The van der Waals surface area contributed by atoms with Gasteiger partial charge in [-0.1, -0.05) is 50.1 Å². The number of hydrogen-bond acceptors (Lipinski definition) is 0. The highest BCUT2D eigenvalue weighted by Crippen LogP contribution is 2.16. The Bertz CT molecular complexity index is 253. The lowest BCUT2D eigenvalue weighted by Gasteiger charge is -2.06. The van der Waals surface area contributed by atoms with Gasteiger partial charge >= 0.3 is 0 Å². The molecule has 0 saturated carbocycles. The third kappa shape index (κ3) is 6.66. The largest absolute Gasteiger partial charge is 0.0879 e. The standard InChI is InChI=1S/C16H28/c1-6-11-14(4)12-9-10-13-16(8-3)15(5)7-2/h7-9,12,14H,6,10-11,13H2,1-5H3. The Hall–Kier alpha value is -0.780. The molecule has 0 nitrogen and oxygen atoms in total. The van der Waals surface area contributed by atoms with Crippen LogP contribution < -0.4 is 0 Å². The molecule has 0 bridgehead atoms. The maximum Gasteiger partial charge on any atom is -0.0245 e. The Balaban J connectivity index is 3.97. The van der Waals surface area contributed by atoms with E-state index in [9.17, 15) is 0 Å². The Kier molecular flexibility index (Phi) is 8.99. The van der Waals surface area contributed by atoms with Crippen molar-refractivity contribution >= 4 is 0 Å². The minimum Gasteiger partial charge on any atom is -0.0879 e. The number of allylic oxidation sites excluding steroid dienone is 6. The second-order valence-electron chi connectivity index (χ2n) is 4.52. The van der Waals surface area contributed by atoms with Crippen molar-refractivity contribution in [3.05, 3.63) is 35.5 Å². The summed E-state index contributed by atoms with van der Waals surface area (Å²) in [5.41, 5.74) is 2.90. The average Bonchev–Trinajstić information content (AvgIpc) is 2.28. The van der Waals surface area contributed by atoms with Crippen molar-refractivity contribution in [1.82, 2.24) is 0 Å². The molecule has 0 aromatic heterocycles. The zero-order valence-electron chi connectivity index (χ0n) is 11.7. The molecule has 0 aliphatic carbocycles. The van der Waals surface area contributed by atoms with Crippen molar-refractivity contribution in [2.45, 2.75) is 60.3 Å². The Morgan fingerprint density at radius 2 is 1.88 bits per heavy atom. The fourth-order valence-electron chi connectivity index (χ4n) is 1.87. The van der Waals surface area contributed by atoms with E-state index in [1.807, 2.05) is 0 Å². The van der Waals surface area contributed by atoms with E-state index in [1.165, 1.54) is 36.8 Å². The summed E-state index contributed by atoms with van der Waals surface area (Å²) in [6, 6.07) is 0. The van der Waals surface area contributed by atoms with Gasteiger partial charge in [0.2, 0.25) is 0 Å². The van der Waals surface area contributed by atoms with E-state index in [0.717, 1.165) is 5.92 Å². The van der Waals surface area contributed by atoms with E-state index in [1.54, 1.807) is 0 Å². The number of hydrogen-bond donors (Lipinski definition) is 0. The summed E-state index contributed by atoms with van der Waals surface area (Å²) in [4.78, 5) is 0. The number of rotatable bonds is 7. The molecule has 0 aliphatic rings. The van der Waals surface area contributed by atoms with Gasteiger partial charge in [-0.2, -0.15) is 0 Å². The molecule has 92 valence electrons. The van der Waals surface area contributed by atoms with Gasteiger partial charge in [0.1, 0.15) is 0 Å². The first-order valence-electron chi connectivity index (χ1n) is 6.60. The molecule has 0 N–H and O–H groups in total. The fourth-order valence-corrected chi connectivity index (χ4v) is 1.87. The Morgan fingerprint density at radius 3 is 2.38 bits per heavy atom. The van der Waals surface area contributed by atoms with E-state index in [4.69, 9.17) is 0 Å². The van der Waals surface area contributed by atoms with Gasteiger partial charge in [-0.05, 0) is 51.5 Å². The molecular weight excluding hydrogens is 192 g/mol. The summed E-state index contributed by atoms with van der Waals surface area (Å²) in [6.07, 6.45) is 14.1. The van der Waals surface area contributed by atoms with Crippen LogP contribution in [0.2, 0.25) is 0 Å². The second-order valence-corrected chi connectivity index (χ2v) is 4.52. The van der Waals surface area contributed by atoms with Crippen LogP contribution in [-0.4, -0.2) is 0 Å². The molecule has 1 unspecified atom stereocenters. The maximum absolute atomic E-state index is 2.36. The summed E-state index contributed by atoms with van der Waals surface area (Å²) >= 11 is 0. The lowest BCUT2D eigenvalue weighted by Crippen LogP contribution is -1.88. The Morgan fingerprint density at radius 1 is 1.19 bits per heavy atom. The van der Waals surface area contributed by atoms with Crippen molar-refractivity contribution in [2.75, 3.05) is 0 Å². The van der Waals surface area contributed by atoms with Gasteiger partial charge in [0.25, 0.3) is 0 Å². The molecule has 0 fully saturated rings. The summed E-state index contributed by atoms with van der Waals surface area (Å²) in [5.74, 6) is 0.738. The van der Waals surface area contributed by atoms with E-state index in [2.05, 4.69) is 58.9 Å². The van der Waals surface area contributed by atoms with Crippen LogP contribution >= 0.6 is 0 Å². The molecule has 1 atom stereocenters. The van der Waals surface area contributed by atoms with Crippen LogP contribution in [0.1, 0.15) is 60.3 Å². The van der Waals surface area contributed by atoms with Crippen molar-refractivity contribution in [3.63, 3.8) is 0 Å². The highest BCUT2D eigenvalue weighted by molar-refractivity contribution is 5.28. The molecule has 16 heavy (non-hydrogen) atoms. The molecule has 0 spiro atoms. The van der Waals surface area contributed by atoms with Crippen LogP contribution in [0, 0.1) is 5.92 Å². The molecule has 0 heteroatoms. The third-order valence-corrected chi connectivity index (χ3v) is 3.08. The van der Waals surface area contributed by atoms with Crippen LogP contribution in [0.3, 0.4) is 0 Å². The van der Waals surface area contributed by atoms with Gasteiger partial charge in [-0.25, -0.2) is 0 Å². The van der Waals surface area contributed by atoms with Gasteiger partial charge < -0.3 is 0 Å².